The summed E-state index contributed by atoms with van der Waals surface area (Å²) in [6.07, 6.45) is 0. The molecule has 0 aliphatic carbocycles. The molecule has 0 aliphatic heterocycles. The molecular formula is C18H31IrN2. The Labute approximate surface area is 147 Å². The van der Waals surface area contributed by atoms with Crippen LogP contribution in [-0.2, 0) is 27.2 Å². The Kier molecular flexibility index (Phi) is 8.42. The molecule has 1 aromatic carbocycles. The minimum Gasteiger partial charge on any atom is -0.371 e. The number of benzene rings is 1. The molecule has 0 saturated carbocycles. The van der Waals surface area contributed by atoms with Crippen LogP contribution >= 0.6 is 0 Å². The van der Waals surface area contributed by atoms with Crippen molar-refractivity contribution in [3.05, 3.63) is 54.6 Å². The summed E-state index contributed by atoms with van der Waals surface area (Å²) >= 11 is 0. The minimum atomic E-state index is 0. The van der Waals surface area contributed by atoms with E-state index >= 15 is 0 Å². The quantitative estimate of drug-likeness (QED) is 0.530. The molecule has 21 heavy (non-hydrogen) atoms. The third kappa shape index (κ3) is 3.64. The third-order valence-electron chi connectivity index (χ3n) is 4.22. The van der Waals surface area contributed by atoms with E-state index in [2.05, 4.69) is 64.2 Å². The van der Waals surface area contributed by atoms with Crippen molar-refractivity contribution in [3.63, 3.8) is 0 Å². The van der Waals surface area contributed by atoms with Crippen molar-refractivity contribution in [3.8, 4) is 11.4 Å². The van der Waals surface area contributed by atoms with Gasteiger partial charge < -0.3 is 19.4 Å². The Morgan fingerprint density at radius 2 is 1.43 bits per heavy atom. The Hall–Kier alpha value is -0.921. The Balaban J connectivity index is -0.000000361. The molecule has 1 aromatic heterocycles. The summed E-state index contributed by atoms with van der Waals surface area (Å²) in [4.78, 5) is 4.68. The third-order valence-corrected chi connectivity index (χ3v) is 4.22. The summed E-state index contributed by atoms with van der Waals surface area (Å²) in [5, 5.41) is 0. The van der Waals surface area contributed by atoms with Gasteiger partial charge in [-0.15, -0.1) is 33.9 Å². The Morgan fingerprint density at radius 3 is 1.86 bits per heavy atom. The van der Waals surface area contributed by atoms with Crippen LogP contribution in [0.25, 0.3) is 11.4 Å². The zero-order valence-electron chi connectivity index (χ0n) is 14.7. The topological polar surface area (TPSA) is 17.8 Å². The fourth-order valence-corrected chi connectivity index (χ4v) is 2.29. The Bertz CT molecular complexity index is 635. The van der Waals surface area contributed by atoms with E-state index in [0.717, 1.165) is 17.1 Å². The predicted molar refractivity (Wildman–Crippen MR) is 93.0 cm³/mol. The van der Waals surface area contributed by atoms with Crippen LogP contribution in [0.1, 0.15) is 36.5 Å². The summed E-state index contributed by atoms with van der Waals surface area (Å²) in [5.74, 6) is 1.02. The first-order valence-electron chi connectivity index (χ1n) is 6.34. The summed E-state index contributed by atoms with van der Waals surface area (Å²) in [5.41, 5.74) is 8.62. The van der Waals surface area contributed by atoms with E-state index in [4.69, 9.17) is 0 Å². The smallest absolute Gasteiger partial charge is 0.371 e. The summed E-state index contributed by atoms with van der Waals surface area (Å²) in [7, 11) is 2.07. The second-order valence-corrected chi connectivity index (χ2v) is 5.17. The summed E-state index contributed by atoms with van der Waals surface area (Å²) < 4.78 is 2.16. The van der Waals surface area contributed by atoms with Gasteiger partial charge in [-0.25, -0.2) is 0 Å². The van der Waals surface area contributed by atoms with E-state index in [1.807, 2.05) is 0 Å². The molecule has 0 atom stereocenters. The molecule has 0 N–H and O–H groups in total. The van der Waals surface area contributed by atoms with E-state index in [1.165, 1.54) is 27.9 Å². The van der Waals surface area contributed by atoms with Gasteiger partial charge >= 0.3 is 20.1 Å². The maximum Gasteiger partial charge on any atom is 3.00 e. The second-order valence-electron chi connectivity index (χ2n) is 5.17. The van der Waals surface area contributed by atoms with Crippen LogP contribution in [-0.4, -0.2) is 9.55 Å². The molecule has 0 saturated heterocycles. The summed E-state index contributed by atoms with van der Waals surface area (Å²) in [6, 6.07) is 3.50. The number of hydrogen-bond donors (Lipinski definition) is 0. The fraction of sp³-hybridized carbons (Fsp3) is 0.389. The molecule has 0 spiro atoms. The molecule has 0 amide bonds. The van der Waals surface area contributed by atoms with Crippen molar-refractivity contribution in [1.29, 1.82) is 0 Å². The van der Waals surface area contributed by atoms with Crippen LogP contribution in [0.4, 0.5) is 0 Å². The SMILES string of the molecule is Cc1[c-]c(-c2nc(C)c(C)n2C)c(C)c(C)c1C.[2HH].[2HH].[CH3-].[CH3-].[Ir+3]. The molecule has 2 nitrogen and oxygen atoms in total. The van der Waals surface area contributed by atoms with Gasteiger partial charge in [-0.1, -0.05) is 27.7 Å². The van der Waals surface area contributed by atoms with Crippen LogP contribution in [0.2, 0.25) is 0 Å². The largest absolute Gasteiger partial charge is 3.00 e. The maximum atomic E-state index is 4.68. The van der Waals surface area contributed by atoms with E-state index in [9.17, 15) is 0 Å². The maximum absolute atomic E-state index is 4.68. The first-order chi connectivity index (χ1) is 8.34. The average molecular weight is 470 g/mol. The van der Waals surface area contributed by atoms with Gasteiger partial charge in [-0.3, -0.25) is 4.98 Å². The molecule has 2 rings (SSSR count). The van der Waals surface area contributed by atoms with E-state index in [-0.39, 0.29) is 37.8 Å². The molecule has 1 heterocycles. The molecule has 0 unspecified atom stereocenters. The van der Waals surface area contributed by atoms with Gasteiger partial charge in [0.05, 0.1) is 5.82 Å². The zero-order valence-corrected chi connectivity index (χ0v) is 17.1. The van der Waals surface area contributed by atoms with Gasteiger partial charge in [0.25, 0.3) is 0 Å². The van der Waals surface area contributed by atoms with Gasteiger partial charge in [0.15, 0.2) is 0 Å². The van der Waals surface area contributed by atoms with E-state index in [0.29, 0.717) is 0 Å². The molecule has 0 radical (unpaired) electrons. The molecule has 2 aromatic rings. The van der Waals surface area contributed by atoms with Crippen molar-refractivity contribution in [2.24, 2.45) is 7.05 Å². The number of aryl methyl sites for hydroxylation is 2. The predicted octanol–water partition coefficient (Wildman–Crippen LogP) is 5.13. The molecule has 3 heteroatoms. The molecular weight excluding hydrogens is 436 g/mol. The van der Waals surface area contributed by atoms with Crippen LogP contribution in [0.5, 0.6) is 0 Å². The van der Waals surface area contributed by atoms with Crippen molar-refractivity contribution >= 4 is 0 Å². The van der Waals surface area contributed by atoms with Crippen LogP contribution in [0, 0.1) is 62.5 Å². The van der Waals surface area contributed by atoms with Crippen LogP contribution in [0.15, 0.2) is 0 Å². The summed E-state index contributed by atoms with van der Waals surface area (Å²) in [6.45, 7) is 12.8. The van der Waals surface area contributed by atoms with Crippen molar-refractivity contribution in [1.82, 2.24) is 9.55 Å². The standard InChI is InChI=1S/C16H21N2.2CH3.Ir.2H2/c1-9-8-15(12(4)11(3)10(9)2)16-17-13(5)14(6)18(16)7;;;;;/h1-7H3;2*1H3;;2*1H/q3*-1;+3;;/i;;;;2*1+1. The monoisotopic (exact) mass is 470 g/mol. The van der Waals surface area contributed by atoms with Crippen LogP contribution in [0.3, 0.4) is 0 Å². The number of imidazole rings is 1. The van der Waals surface area contributed by atoms with Gasteiger partial charge in [0.2, 0.25) is 0 Å². The number of aromatic nitrogens is 2. The van der Waals surface area contributed by atoms with Gasteiger partial charge in [-0.2, -0.15) is 0 Å². The van der Waals surface area contributed by atoms with Gasteiger partial charge in [0.1, 0.15) is 0 Å². The van der Waals surface area contributed by atoms with Crippen molar-refractivity contribution in [2.75, 3.05) is 0 Å². The number of nitrogens with zero attached hydrogens (tertiary/aromatic N) is 2. The normalized spacial score (nSPS) is 9.48. The molecule has 0 aliphatic rings. The zero-order chi connectivity index (χ0) is 13.6. The number of rotatable bonds is 1. The molecule has 122 valence electrons. The van der Waals surface area contributed by atoms with E-state index < -0.39 is 0 Å². The average Bonchev–Trinajstić information content (AvgIpc) is 2.59. The van der Waals surface area contributed by atoms with Gasteiger partial charge in [0, 0.05) is 21.3 Å². The fourth-order valence-electron chi connectivity index (χ4n) is 2.29. The second kappa shape index (κ2) is 7.91. The first-order valence-corrected chi connectivity index (χ1v) is 6.34. The van der Waals surface area contributed by atoms with E-state index in [1.54, 1.807) is 0 Å². The molecule has 0 bridgehead atoms. The first kappa shape index (κ1) is 22.4. The van der Waals surface area contributed by atoms with Crippen molar-refractivity contribution < 1.29 is 23.0 Å². The van der Waals surface area contributed by atoms with Gasteiger partial charge in [-0.05, 0) is 13.8 Å². The van der Waals surface area contributed by atoms with Crippen LogP contribution < -0.4 is 0 Å². The Morgan fingerprint density at radius 1 is 0.905 bits per heavy atom. The minimum absolute atomic E-state index is 0. The molecule has 0 fully saturated rings. The number of hydrogen-bond acceptors (Lipinski definition) is 1. The van der Waals surface area contributed by atoms with Crippen molar-refractivity contribution in [2.45, 2.75) is 41.5 Å².